The Hall–Kier alpha value is -5.10. The van der Waals surface area contributed by atoms with Gasteiger partial charge in [0, 0.05) is 46.0 Å². The van der Waals surface area contributed by atoms with Gasteiger partial charge in [0.2, 0.25) is 0 Å². The van der Waals surface area contributed by atoms with Crippen molar-refractivity contribution in [3.05, 3.63) is 133 Å². The molecule has 0 aliphatic heterocycles. The van der Waals surface area contributed by atoms with Crippen molar-refractivity contribution in [3.8, 4) is 22.5 Å². The van der Waals surface area contributed by atoms with Crippen LogP contribution in [0, 0.1) is 0 Å². The van der Waals surface area contributed by atoms with Gasteiger partial charge in [-0.15, -0.1) is 0 Å². The van der Waals surface area contributed by atoms with Crippen molar-refractivity contribution >= 4 is 23.2 Å². The summed E-state index contributed by atoms with van der Waals surface area (Å²) in [6, 6.07) is 33.1. The van der Waals surface area contributed by atoms with Crippen molar-refractivity contribution in [2.45, 2.75) is 0 Å². The maximum absolute atomic E-state index is 12.3. The van der Waals surface area contributed by atoms with Crippen LogP contribution in [0.1, 0.15) is 20.7 Å². The third-order valence-electron chi connectivity index (χ3n) is 5.60. The molecule has 0 radical (unpaired) electrons. The highest BCUT2D eigenvalue weighted by Gasteiger charge is 2.08. The number of aromatic nitrogens is 2. The molecule has 0 fully saturated rings. The van der Waals surface area contributed by atoms with Gasteiger partial charge in [-0.1, -0.05) is 48.5 Å². The Balaban J connectivity index is 1.23. The fraction of sp³-hybridized carbons (Fsp3) is 0. The average Bonchev–Trinajstić information content (AvgIpc) is 2.95. The van der Waals surface area contributed by atoms with E-state index in [2.05, 4.69) is 20.6 Å². The van der Waals surface area contributed by atoms with Gasteiger partial charge < -0.3 is 10.6 Å². The molecule has 0 spiro atoms. The molecule has 0 saturated heterocycles. The molecule has 6 heteroatoms. The molecule has 0 bridgehead atoms. The van der Waals surface area contributed by atoms with Crippen LogP contribution in [-0.4, -0.2) is 21.8 Å². The van der Waals surface area contributed by atoms with Gasteiger partial charge in [-0.05, 0) is 66.2 Å². The SMILES string of the molecule is O=C(Nc1ccc(-c2cnc(-c3ccc(NC(=O)c4ccccc4)cc3)nc2)cc1)c1ccccc1. The fourth-order valence-electron chi connectivity index (χ4n) is 3.66. The van der Waals surface area contributed by atoms with Gasteiger partial charge in [-0.3, -0.25) is 9.59 Å². The summed E-state index contributed by atoms with van der Waals surface area (Å²) in [5.41, 5.74) is 5.28. The number of anilines is 2. The molecule has 5 aromatic rings. The van der Waals surface area contributed by atoms with Crippen molar-refractivity contribution in [2.75, 3.05) is 10.6 Å². The fourth-order valence-corrected chi connectivity index (χ4v) is 3.66. The third-order valence-corrected chi connectivity index (χ3v) is 5.60. The smallest absolute Gasteiger partial charge is 0.255 e. The van der Waals surface area contributed by atoms with Crippen LogP contribution in [-0.2, 0) is 0 Å². The van der Waals surface area contributed by atoms with Crippen LogP contribution < -0.4 is 10.6 Å². The molecule has 0 saturated carbocycles. The normalized spacial score (nSPS) is 10.4. The highest BCUT2D eigenvalue weighted by Crippen LogP contribution is 2.23. The van der Waals surface area contributed by atoms with Crippen LogP contribution in [0.25, 0.3) is 22.5 Å². The number of amides is 2. The predicted octanol–water partition coefficient (Wildman–Crippen LogP) is 6.32. The molecule has 1 aromatic heterocycles. The van der Waals surface area contributed by atoms with Crippen LogP contribution in [0.15, 0.2) is 122 Å². The summed E-state index contributed by atoms with van der Waals surface area (Å²) >= 11 is 0. The van der Waals surface area contributed by atoms with Gasteiger partial charge in [-0.25, -0.2) is 9.97 Å². The van der Waals surface area contributed by atoms with Gasteiger partial charge in [0.25, 0.3) is 11.8 Å². The summed E-state index contributed by atoms with van der Waals surface area (Å²) in [7, 11) is 0. The Labute approximate surface area is 208 Å². The second-order valence-electron chi connectivity index (χ2n) is 8.09. The Kier molecular flexibility index (Phi) is 6.58. The summed E-state index contributed by atoms with van der Waals surface area (Å²) in [4.78, 5) is 33.7. The summed E-state index contributed by atoms with van der Waals surface area (Å²) < 4.78 is 0. The van der Waals surface area contributed by atoms with Crippen molar-refractivity contribution in [1.82, 2.24) is 9.97 Å². The van der Waals surface area contributed by atoms with E-state index in [9.17, 15) is 9.59 Å². The Bertz CT molecular complexity index is 1350. The first kappa shape index (κ1) is 22.7. The topological polar surface area (TPSA) is 84.0 Å². The first-order valence-corrected chi connectivity index (χ1v) is 11.4. The minimum atomic E-state index is -0.158. The highest BCUT2D eigenvalue weighted by atomic mass is 16.2. The van der Waals surface area contributed by atoms with E-state index in [-0.39, 0.29) is 11.8 Å². The third kappa shape index (κ3) is 5.34. The van der Waals surface area contributed by atoms with Crippen LogP contribution in [0.3, 0.4) is 0 Å². The van der Waals surface area contributed by atoms with Gasteiger partial charge >= 0.3 is 0 Å². The van der Waals surface area contributed by atoms with E-state index >= 15 is 0 Å². The highest BCUT2D eigenvalue weighted by molar-refractivity contribution is 6.05. The molecular weight excluding hydrogens is 448 g/mol. The van der Waals surface area contributed by atoms with Crippen LogP contribution in [0.2, 0.25) is 0 Å². The molecular formula is C30H22N4O2. The van der Waals surface area contributed by atoms with Gasteiger partial charge in [0.1, 0.15) is 0 Å². The molecule has 0 aliphatic rings. The maximum Gasteiger partial charge on any atom is 0.255 e. The zero-order valence-electron chi connectivity index (χ0n) is 19.3. The number of carbonyl (C=O) groups excluding carboxylic acids is 2. The van der Waals surface area contributed by atoms with Crippen molar-refractivity contribution in [1.29, 1.82) is 0 Å². The first-order valence-electron chi connectivity index (χ1n) is 11.4. The summed E-state index contributed by atoms with van der Waals surface area (Å²) in [5.74, 6) is 0.280. The zero-order chi connectivity index (χ0) is 24.7. The molecule has 0 unspecified atom stereocenters. The number of nitrogens with zero attached hydrogens (tertiary/aromatic N) is 2. The monoisotopic (exact) mass is 470 g/mol. The van der Waals surface area contributed by atoms with Crippen LogP contribution in [0.4, 0.5) is 11.4 Å². The van der Waals surface area contributed by atoms with E-state index < -0.39 is 0 Å². The minimum Gasteiger partial charge on any atom is -0.322 e. The molecule has 5 rings (SSSR count). The van der Waals surface area contributed by atoms with E-state index in [1.807, 2.05) is 84.9 Å². The number of nitrogens with one attached hydrogen (secondary N) is 2. The first-order chi connectivity index (χ1) is 17.7. The predicted molar refractivity (Wildman–Crippen MR) is 142 cm³/mol. The molecule has 1 heterocycles. The lowest BCUT2D eigenvalue weighted by Crippen LogP contribution is -2.11. The standard InChI is InChI=1S/C30H22N4O2/c35-29(23-7-3-1-4-8-23)33-26-15-11-21(12-16-26)25-19-31-28(32-20-25)22-13-17-27(18-14-22)34-30(36)24-9-5-2-6-10-24/h1-20H,(H,33,35)(H,34,36). The summed E-state index contributed by atoms with van der Waals surface area (Å²) in [5, 5.41) is 5.78. The average molecular weight is 471 g/mol. The molecule has 6 nitrogen and oxygen atoms in total. The van der Waals surface area contributed by atoms with E-state index in [0.717, 1.165) is 16.7 Å². The van der Waals surface area contributed by atoms with E-state index in [1.54, 1.807) is 36.7 Å². The van der Waals surface area contributed by atoms with E-state index in [1.165, 1.54) is 0 Å². The van der Waals surface area contributed by atoms with Crippen molar-refractivity contribution in [2.24, 2.45) is 0 Å². The number of carbonyl (C=O) groups is 2. The molecule has 2 N–H and O–H groups in total. The van der Waals surface area contributed by atoms with E-state index in [4.69, 9.17) is 0 Å². The molecule has 0 aliphatic carbocycles. The number of benzene rings is 4. The second kappa shape index (κ2) is 10.4. The van der Waals surface area contributed by atoms with Gasteiger partial charge in [0.05, 0.1) is 0 Å². The lowest BCUT2D eigenvalue weighted by Gasteiger charge is -2.08. The Morgan fingerprint density at radius 2 is 0.889 bits per heavy atom. The maximum atomic E-state index is 12.3. The summed E-state index contributed by atoms with van der Waals surface area (Å²) in [6.07, 6.45) is 3.54. The molecule has 36 heavy (non-hydrogen) atoms. The van der Waals surface area contributed by atoms with Crippen molar-refractivity contribution < 1.29 is 9.59 Å². The largest absolute Gasteiger partial charge is 0.322 e. The Morgan fingerprint density at radius 1 is 0.472 bits per heavy atom. The number of hydrogen-bond acceptors (Lipinski definition) is 4. The quantitative estimate of drug-likeness (QED) is 0.304. The zero-order valence-corrected chi connectivity index (χ0v) is 19.3. The lowest BCUT2D eigenvalue weighted by molar-refractivity contribution is 0.101. The molecule has 174 valence electrons. The minimum absolute atomic E-state index is 0.151. The van der Waals surface area contributed by atoms with Gasteiger partial charge in [-0.2, -0.15) is 0 Å². The second-order valence-corrected chi connectivity index (χ2v) is 8.09. The summed E-state index contributed by atoms with van der Waals surface area (Å²) in [6.45, 7) is 0. The number of rotatable bonds is 6. The molecule has 0 atom stereocenters. The van der Waals surface area contributed by atoms with Crippen LogP contribution >= 0.6 is 0 Å². The lowest BCUT2D eigenvalue weighted by atomic mass is 10.1. The number of hydrogen-bond donors (Lipinski definition) is 2. The molecule has 2 amide bonds. The van der Waals surface area contributed by atoms with Crippen molar-refractivity contribution in [3.63, 3.8) is 0 Å². The van der Waals surface area contributed by atoms with E-state index in [0.29, 0.717) is 28.3 Å². The van der Waals surface area contributed by atoms with Crippen LogP contribution in [0.5, 0.6) is 0 Å². The molecule has 4 aromatic carbocycles. The van der Waals surface area contributed by atoms with Gasteiger partial charge in [0.15, 0.2) is 5.82 Å². The Morgan fingerprint density at radius 3 is 1.33 bits per heavy atom.